The van der Waals surface area contributed by atoms with Gasteiger partial charge in [-0.3, -0.25) is 19.2 Å². The number of ether oxygens (including phenoxy) is 12. The molecular formula is C116H191N2NiO23P. The molecule has 1 unspecified atom stereocenters. The maximum atomic E-state index is 12.7. The molecule has 6 rings (SSSR count). The molecule has 1 aliphatic heterocycles. The first-order valence-electron chi connectivity index (χ1n) is 54.1. The van der Waals surface area contributed by atoms with E-state index >= 15 is 0 Å². The van der Waals surface area contributed by atoms with E-state index in [4.69, 9.17) is 81.2 Å². The van der Waals surface area contributed by atoms with Crippen molar-refractivity contribution in [2.75, 3.05) is 80.2 Å². The van der Waals surface area contributed by atoms with E-state index in [-0.39, 0.29) is 127 Å². The predicted molar refractivity (Wildman–Crippen MR) is 571 cm³/mol. The Morgan fingerprint density at radius 1 is 0.371 bits per heavy atom. The van der Waals surface area contributed by atoms with Crippen LogP contribution < -0.4 is 20.1 Å². The van der Waals surface area contributed by atoms with Gasteiger partial charge in [-0.1, -0.05) is 387 Å². The Kier molecular flexibility index (Phi) is 95.4. The number of hydrogen-bond acceptors (Lipinski definition) is 23. The number of alkyl carbamates (subject to hydrolysis) is 2. The normalized spacial score (nSPS) is 12.8. The van der Waals surface area contributed by atoms with Gasteiger partial charge in [-0.05, 0) is 104 Å². The number of benzene rings is 5. The van der Waals surface area contributed by atoms with Crippen LogP contribution in [0.15, 0.2) is 140 Å². The largest absolute Gasteiger partial charge is 2.00 e. The van der Waals surface area contributed by atoms with Crippen LogP contribution in [-0.2, 0) is 125 Å². The second-order valence-electron chi connectivity index (χ2n) is 36.8. The summed E-state index contributed by atoms with van der Waals surface area (Å²) in [5.74, 6) is -0.00171. The first kappa shape index (κ1) is 136. The zero-order chi connectivity index (χ0) is 104. The number of aliphatic hydroxyl groups is 3. The van der Waals surface area contributed by atoms with E-state index in [0.717, 1.165) is 181 Å². The average molecular weight is 2070 g/mol. The van der Waals surface area contributed by atoms with E-state index in [2.05, 4.69) is 38.3 Å². The molecule has 5 atom stereocenters. The summed E-state index contributed by atoms with van der Waals surface area (Å²) in [5.41, 5.74) is 4.99. The standard InChI is InChI=1S/C47H75NO8.C46H74NO8P.C11H16O4.C6H12O3.2C3H7.Ni/c1-3-4-5-6-7-8-9-10-11-13-17-20-26-31-46(50)56-44(39-53-37-42-32-34-43(52-2)35-33-42)40-54-45(49)30-25-19-16-14-12-15-18-21-27-36-48-47(51)55-38-41-28-23-22-24-29-41;1-2-3-4-5-6-7-8-9-10-12-16-19-28-35-45(49)55-43(40-54-56-53-38-42-32-25-22-26-33-42)39-51-44(48)34-27-18-15-13-11-14-17-20-29-36-47-46(50)52-37-41-30-23-21-24-31-41;1-14-11-4-2-9(3-5-11)7-15-8-10(13)6-12;1-6(2)8-4-5(3-7)9-6;2*1-3-2;/h22-24,28-29,32-35,44H,3-21,25-27,30-31,36-40H2,1-2H3,(H,48,51);21-26,30-33,43,56H,2-20,27-29,34-40H2,1H3,(H,47,50);2-5,10,12-13H,6-8H2,1H3;5,7H,3-4H2,1-2H3;2*1,3H2,2H3;/q;;;;2*-1;+2/t44-;43-;10-;5-;;;/m0110.../s1. The first-order valence-corrected chi connectivity index (χ1v) is 54.9. The molecule has 0 bridgehead atoms. The van der Waals surface area contributed by atoms with Crippen LogP contribution in [0.3, 0.4) is 0 Å². The number of esters is 4. The monoisotopic (exact) mass is 2070 g/mol. The quantitative estimate of drug-likeness (QED) is 0.00603. The van der Waals surface area contributed by atoms with Gasteiger partial charge in [-0.15, -0.1) is 0 Å². The number of hydrogen-bond donors (Lipinski definition) is 5. The van der Waals surface area contributed by atoms with Crippen molar-refractivity contribution in [3.05, 3.63) is 181 Å². The molecule has 5 aromatic carbocycles. The summed E-state index contributed by atoms with van der Waals surface area (Å²) in [5, 5.41) is 31.8. The molecule has 0 saturated carbocycles. The van der Waals surface area contributed by atoms with Crippen molar-refractivity contribution in [1.29, 1.82) is 0 Å². The summed E-state index contributed by atoms with van der Waals surface area (Å²) in [6.07, 6.45) is 51.9. The van der Waals surface area contributed by atoms with Gasteiger partial charge in [0.1, 0.15) is 50.1 Å². The van der Waals surface area contributed by atoms with E-state index in [9.17, 15) is 28.8 Å². The summed E-state index contributed by atoms with van der Waals surface area (Å²) >= 11 is 0. The third kappa shape index (κ3) is 88.5. The molecule has 1 saturated heterocycles. The third-order valence-corrected chi connectivity index (χ3v) is 23.5. The Morgan fingerprint density at radius 3 is 0.965 bits per heavy atom. The van der Waals surface area contributed by atoms with Crippen molar-refractivity contribution in [1.82, 2.24) is 10.6 Å². The van der Waals surface area contributed by atoms with Gasteiger partial charge in [0, 0.05) is 38.8 Å². The van der Waals surface area contributed by atoms with Gasteiger partial charge in [0.2, 0.25) is 0 Å². The van der Waals surface area contributed by atoms with Crippen molar-refractivity contribution < 1.29 is 126 Å². The smallest absolute Gasteiger partial charge is 0.497 e. The second-order valence-corrected chi connectivity index (χ2v) is 37.5. The topological polar surface area (TPSA) is 316 Å². The average Bonchev–Trinajstić information content (AvgIpc) is 1.74. The van der Waals surface area contributed by atoms with Crippen molar-refractivity contribution >= 4 is 45.1 Å². The maximum Gasteiger partial charge on any atom is 2.00 e. The van der Waals surface area contributed by atoms with Crippen LogP contribution in [0.25, 0.3) is 0 Å². The number of carbonyl (C=O) groups is 6. The Morgan fingerprint density at radius 2 is 0.664 bits per heavy atom. The van der Waals surface area contributed by atoms with E-state index in [1.165, 1.54) is 154 Å². The number of amides is 2. The Balaban J connectivity index is 0.00000216. The zero-order valence-corrected chi connectivity index (χ0v) is 91.3. The van der Waals surface area contributed by atoms with Crippen molar-refractivity contribution in [2.24, 2.45) is 0 Å². The molecule has 25 nitrogen and oxygen atoms in total. The molecule has 818 valence electrons. The molecule has 0 aromatic heterocycles. The minimum absolute atomic E-state index is 0. The zero-order valence-electron chi connectivity index (χ0n) is 89.3. The molecule has 5 N–H and O–H groups in total. The molecular weight excluding hydrogens is 1880 g/mol. The number of aliphatic hydroxyl groups excluding tert-OH is 3. The number of rotatable bonds is 80. The van der Waals surface area contributed by atoms with Gasteiger partial charge >= 0.3 is 52.6 Å². The Bertz CT molecular complexity index is 3660. The van der Waals surface area contributed by atoms with Gasteiger partial charge < -0.3 is 106 Å². The number of carbonyl (C=O) groups excluding carboxylic acids is 6. The van der Waals surface area contributed by atoms with Crippen LogP contribution in [0.4, 0.5) is 9.59 Å². The summed E-state index contributed by atoms with van der Waals surface area (Å²) in [6, 6.07) is 44.3. The fourth-order valence-electron chi connectivity index (χ4n) is 14.8. The van der Waals surface area contributed by atoms with Crippen molar-refractivity contribution in [2.45, 2.75) is 426 Å². The minimum Gasteiger partial charge on any atom is -0.497 e. The van der Waals surface area contributed by atoms with Crippen LogP contribution in [-0.4, -0.2) is 162 Å². The maximum absolute atomic E-state index is 12.7. The fourth-order valence-corrected chi connectivity index (χ4v) is 15.4. The summed E-state index contributed by atoms with van der Waals surface area (Å²) in [4.78, 5) is 74.1. The molecule has 5 aromatic rings. The Hall–Kier alpha value is -7.32. The predicted octanol–water partition coefficient (Wildman–Crippen LogP) is 27.6. The summed E-state index contributed by atoms with van der Waals surface area (Å²) < 4.78 is 76.1. The van der Waals surface area contributed by atoms with Crippen LogP contribution >= 0.6 is 9.03 Å². The van der Waals surface area contributed by atoms with Gasteiger partial charge in [-0.2, -0.15) is 12.8 Å². The number of unbranched alkanes of at least 4 members (excludes halogenated alkanes) is 40. The second kappa shape index (κ2) is 101. The van der Waals surface area contributed by atoms with Gasteiger partial charge in [0.25, 0.3) is 0 Å². The minimum atomic E-state index is -0.803. The fraction of sp³-hybridized carbons (Fsp3) is 0.672. The van der Waals surface area contributed by atoms with Crippen LogP contribution in [0.5, 0.6) is 11.5 Å². The van der Waals surface area contributed by atoms with E-state index < -0.39 is 24.1 Å². The molecule has 143 heavy (non-hydrogen) atoms. The van der Waals surface area contributed by atoms with E-state index in [1.807, 2.05) is 167 Å². The first-order chi connectivity index (χ1) is 69.3. The van der Waals surface area contributed by atoms with Gasteiger partial charge in [0.05, 0.1) is 73.7 Å². The van der Waals surface area contributed by atoms with Crippen LogP contribution in [0, 0.1) is 13.8 Å². The molecule has 27 heteroatoms. The molecule has 2 amide bonds. The molecule has 0 aliphatic carbocycles. The van der Waals surface area contributed by atoms with E-state index in [0.29, 0.717) is 65.2 Å². The van der Waals surface area contributed by atoms with Crippen LogP contribution in [0.1, 0.15) is 390 Å². The SMILES string of the molecule is CC1(C)OC[C@H](CO)O1.CCCCCCCCCCCCCCCC(=O)O[C@@H](COCc1ccc(OC)cc1)COC(=O)CCCCCCCCCCCNC(=O)OCc1ccccc1.CCCCCCCCCCCCCCCC(=O)O[C@@H](COPOCc1ccccc1)COC(=O)CCCCCCCCCCCNC(=O)OCc1ccccc1.COc1ccc(COC[C@H](O)CO)cc1.[CH2-]CC.[CH2-]CC.[Ni+2]. The van der Waals surface area contributed by atoms with Crippen LogP contribution in [0.2, 0.25) is 0 Å². The summed E-state index contributed by atoms with van der Waals surface area (Å²) in [6.45, 7) is 22.9. The molecule has 1 heterocycles. The van der Waals surface area contributed by atoms with Crippen molar-refractivity contribution in [3.63, 3.8) is 0 Å². The molecule has 0 spiro atoms. The van der Waals surface area contributed by atoms with E-state index in [1.54, 1.807) is 14.2 Å². The summed E-state index contributed by atoms with van der Waals surface area (Å²) in [7, 11) is 3.03. The molecule has 1 aliphatic rings. The number of nitrogens with one attached hydrogen (secondary N) is 2. The number of methoxy groups -OCH3 is 2. The molecule has 0 radical (unpaired) electrons. The van der Waals surface area contributed by atoms with Crippen molar-refractivity contribution in [3.8, 4) is 11.5 Å². The van der Waals surface area contributed by atoms with Gasteiger partial charge in [-0.25, -0.2) is 9.59 Å². The Labute approximate surface area is 875 Å². The van der Waals surface area contributed by atoms with Gasteiger partial charge in [0.15, 0.2) is 27.0 Å². The molecule has 1 fully saturated rings. The third-order valence-electron chi connectivity index (χ3n) is 22.9.